The maximum atomic E-state index is 5.46. The SMILES string of the molecule is CC(C)c1nnc(SCc2ccc(Br)cc2)n1/N=C\c1ccc(Br)o1. The first-order chi connectivity index (χ1) is 12.0. The van der Waals surface area contributed by atoms with Gasteiger partial charge in [-0.1, -0.05) is 53.7 Å². The van der Waals surface area contributed by atoms with Gasteiger partial charge in [0, 0.05) is 16.1 Å². The van der Waals surface area contributed by atoms with Crippen LogP contribution in [0.15, 0.2) is 60.2 Å². The number of hydrogen-bond acceptors (Lipinski definition) is 5. The highest BCUT2D eigenvalue weighted by Crippen LogP contribution is 2.25. The summed E-state index contributed by atoms with van der Waals surface area (Å²) < 4.78 is 8.99. The molecule has 0 radical (unpaired) electrons. The van der Waals surface area contributed by atoms with E-state index in [1.54, 1.807) is 22.7 Å². The number of nitrogens with zero attached hydrogens (tertiary/aromatic N) is 4. The minimum absolute atomic E-state index is 0.218. The van der Waals surface area contributed by atoms with Crippen LogP contribution < -0.4 is 0 Å². The van der Waals surface area contributed by atoms with Gasteiger partial charge < -0.3 is 4.42 Å². The van der Waals surface area contributed by atoms with Crippen molar-refractivity contribution < 1.29 is 4.42 Å². The highest BCUT2D eigenvalue weighted by atomic mass is 79.9. The van der Waals surface area contributed by atoms with E-state index in [1.165, 1.54) is 5.56 Å². The first-order valence-electron chi connectivity index (χ1n) is 7.65. The van der Waals surface area contributed by atoms with E-state index < -0.39 is 0 Å². The average molecular weight is 484 g/mol. The Morgan fingerprint density at radius 2 is 1.92 bits per heavy atom. The van der Waals surface area contributed by atoms with Crippen LogP contribution >= 0.6 is 43.6 Å². The van der Waals surface area contributed by atoms with Gasteiger partial charge in [0.25, 0.3) is 0 Å². The van der Waals surface area contributed by atoms with Crippen molar-refractivity contribution in [2.24, 2.45) is 5.10 Å². The first-order valence-corrected chi connectivity index (χ1v) is 10.2. The van der Waals surface area contributed by atoms with Crippen LogP contribution in [0.2, 0.25) is 0 Å². The van der Waals surface area contributed by atoms with Crippen LogP contribution in [-0.2, 0) is 5.75 Å². The number of hydrogen-bond donors (Lipinski definition) is 0. The van der Waals surface area contributed by atoms with E-state index in [-0.39, 0.29) is 5.92 Å². The zero-order chi connectivity index (χ0) is 17.8. The van der Waals surface area contributed by atoms with Crippen LogP contribution in [-0.4, -0.2) is 21.1 Å². The van der Waals surface area contributed by atoms with E-state index >= 15 is 0 Å². The van der Waals surface area contributed by atoms with Crippen molar-refractivity contribution in [2.45, 2.75) is 30.7 Å². The number of aromatic nitrogens is 3. The van der Waals surface area contributed by atoms with Crippen LogP contribution in [0.5, 0.6) is 0 Å². The zero-order valence-electron chi connectivity index (χ0n) is 13.7. The van der Waals surface area contributed by atoms with Crippen molar-refractivity contribution in [3.8, 4) is 0 Å². The van der Waals surface area contributed by atoms with Crippen molar-refractivity contribution in [1.29, 1.82) is 0 Å². The van der Waals surface area contributed by atoms with Gasteiger partial charge >= 0.3 is 0 Å². The van der Waals surface area contributed by atoms with E-state index in [2.05, 4.69) is 73.1 Å². The van der Waals surface area contributed by atoms with Gasteiger partial charge in [-0.2, -0.15) is 9.78 Å². The van der Waals surface area contributed by atoms with Crippen molar-refractivity contribution in [3.05, 3.63) is 62.7 Å². The summed E-state index contributed by atoms with van der Waals surface area (Å²) in [4.78, 5) is 0. The van der Waals surface area contributed by atoms with Gasteiger partial charge in [-0.15, -0.1) is 10.2 Å². The third kappa shape index (κ3) is 4.83. The summed E-state index contributed by atoms with van der Waals surface area (Å²) in [5.41, 5.74) is 1.22. The number of thioether (sulfide) groups is 1. The summed E-state index contributed by atoms with van der Waals surface area (Å²) >= 11 is 8.35. The molecule has 25 heavy (non-hydrogen) atoms. The Morgan fingerprint density at radius 1 is 1.16 bits per heavy atom. The lowest BCUT2D eigenvalue weighted by Gasteiger charge is -2.06. The molecule has 0 N–H and O–H groups in total. The van der Waals surface area contributed by atoms with Crippen molar-refractivity contribution >= 4 is 49.8 Å². The number of rotatable bonds is 6. The van der Waals surface area contributed by atoms with Crippen molar-refractivity contribution in [2.75, 3.05) is 0 Å². The lowest BCUT2D eigenvalue weighted by molar-refractivity contribution is 0.533. The number of halogens is 2. The Kier molecular flexibility index (Phi) is 6.14. The molecule has 0 spiro atoms. The first kappa shape index (κ1) is 18.4. The minimum Gasteiger partial charge on any atom is -0.448 e. The van der Waals surface area contributed by atoms with Crippen LogP contribution in [0.1, 0.15) is 36.9 Å². The third-order valence-corrected chi connectivity index (χ3v) is 5.27. The smallest absolute Gasteiger partial charge is 0.212 e. The Bertz CT molecular complexity index is 871. The predicted octanol–water partition coefficient (Wildman–Crippen LogP) is 5.69. The van der Waals surface area contributed by atoms with Gasteiger partial charge in [-0.3, -0.25) is 0 Å². The molecule has 0 unspecified atom stereocenters. The highest BCUT2D eigenvalue weighted by molar-refractivity contribution is 9.10. The summed E-state index contributed by atoms with van der Waals surface area (Å²) in [6.45, 7) is 4.14. The fraction of sp³-hybridized carbons (Fsp3) is 0.235. The summed E-state index contributed by atoms with van der Waals surface area (Å²) in [5, 5.41) is 13.9. The van der Waals surface area contributed by atoms with Gasteiger partial charge in [0.05, 0.1) is 6.21 Å². The second-order valence-corrected chi connectivity index (χ2v) is 8.25. The quantitative estimate of drug-likeness (QED) is 0.333. The molecule has 0 fully saturated rings. The standard InChI is InChI=1S/C17H16Br2N4OS/c1-11(2)16-21-22-17(25-10-12-3-5-13(18)6-4-12)23(16)20-9-14-7-8-15(19)24-14/h3-9,11H,10H2,1-2H3/b20-9-. The monoisotopic (exact) mass is 482 g/mol. The molecule has 0 aliphatic carbocycles. The van der Waals surface area contributed by atoms with Gasteiger partial charge in [0.1, 0.15) is 5.76 Å². The molecule has 0 atom stereocenters. The largest absolute Gasteiger partial charge is 0.448 e. The van der Waals surface area contributed by atoms with E-state index in [0.29, 0.717) is 10.4 Å². The molecule has 0 saturated carbocycles. The summed E-state index contributed by atoms with van der Waals surface area (Å²) in [6, 6.07) is 11.9. The molecule has 3 rings (SSSR count). The Morgan fingerprint density at radius 3 is 2.56 bits per heavy atom. The molecule has 0 aliphatic heterocycles. The minimum atomic E-state index is 0.218. The fourth-order valence-corrected chi connectivity index (χ4v) is 3.51. The fourth-order valence-electron chi connectivity index (χ4n) is 2.08. The predicted molar refractivity (Wildman–Crippen MR) is 107 cm³/mol. The molecule has 5 nitrogen and oxygen atoms in total. The second-order valence-electron chi connectivity index (χ2n) is 5.61. The maximum absolute atomic E-state index is 5.46. The molecule has 0 amide bonds. The molecule has 1 aromatic carbocycles. The summed E-state index contributed by atoms with van der Waals surface area (Å²) in [6.07, 6.45) is 1.67. The molecule has 2 heterocycles. The molecule has 0 saturated heterocycles. The number of benzene rings is 1. The van der Waals surface area contributed by atoms with Gasteiger partial charge in [0.15, 0.2) is 10.5 Å². The van der Waals surface area contributed by atoms with E-state index in [1.807, 2.05) is 24.3 Å². The molecule has 130 valence electrons. The van der Waals surface area contributed by atoms with Gasteiger partial charge in [0.2, 0.25) is 5.16 Å². The molecule has 0 bridgehead atoms. The average Bonchev–Trinajstić information content (AvgIpc) is 3.18. The van der Waals surface area contributed by atoms with E-state index in [0.717, 1.165) is 21.2 Å². The van der Waals surface area contributed by atoms with Crippen molar-refractivity contribution in [1.82, 2.24) is 14.9 Å². The lowest BCUT2D eigenvalue weighted by Crippen LogP contribution is -2.02. The molecular weight excluding hydrogens is 468 g/mol. The van der Waals surface area contributed by atoms with Gasteiger partial charge in [-0.05, 0) is 45.8 Å². The molecule has 0 aliphatic rings. The van der Waals surface area contributed by atoms with E-state index in [4.69, 9.17) is 4.42 Å². The normalized spacial score (nSPS) is 11.7. The topological polar surface area (TPSA) is 56.2 Å². The van der Waals surface area contributed by atoms with E-state index in [9.17, 15) is 0 Å². The second kappa shape index (κ2) is 8.33. The lowest BCUT2D eigenvalue weighted by atomic mass is 10.2. The van der Waals surface area contributed by atoms with Crippen LogP contribution in [0.25, 0.3) is 0 Å². The van der Waals surface area contributed by atoms with Crippen LogP contribution in [0, 0.1) is 0 Å². The van der Waals surface area contributed by atoms with Crippen LogP contribution in [0.4, 0.5) is 0 Å². The molecule has 8 heteroatoms. The van der Waals surface area contributed by atoms with Crippen LogP contribution in [0.3, 0.4) is 0 Å². The zero-order valence-corrected chi connectivity index (χ0v) is 17.7. The van der Waals surface area contributed by atoms with Gasteiger partial charge in [-0.25, -0.2) is 0 Å². The summed E-state index contributed by atoms with van der Waals surface area (Å²) in [5.74, 6) is 2.50. The maximum Gasteiger partial charge on any atom is 0.212 e. The Labute approximate surface area is 167 Å². The third-order valence-electron chi connectivity index (χ3n) is 3.33. The summed E-state index contributed by atoms with van der Waals surface area (Å²) in [7, 11) is 0. The Balaban J connectivity index is 1.81. The Hall–Kier alpha value is -1.38. The highest BCUT2D eigenvalue weighted by Gasteiger charge is 2.15. The molecule has 3 aromatic rings. The van der Waals surface area contributed by atoms with Crippen molar-refractivity contribution in [3.63, 3.8) is 0 Å². The number of furan rings is 1. The molecular formula is C17H16Br2N4OS. The molecule has 2 aromatic heterocycles.